The first kappa shape index (κ1) is 14.2. The van der Waals surface area contributed by atoms with Gasteiger partial charge in [0.05, 0.1) is 5.56 Å². The fourth-order valence-electron chi connectivity index (χ4n) is 3.55. The van der Waals surface area contributed by atoms with Gasteiger partial charge in [-0.1, -0.05) is 18.0 Å². The van der Waals surface area contributed by atoms with Crippen molar-refractivity contribution in [2.45, 2.75) is 56.9 Å². The molecule has 2 aliphatic heterocycles. The molecular weight excluding hydrogens is 287 g/mol. The fourth-order valence-corrected chi connectivity index (χ4v) is 3.73. The van der Waals surface area contributed by atoms with Crippen LogP contribution in [-0.4, -0.2) is 17.0 Å². The van der Waals surface area contributed by atoms with Gasteiger partial charge in [-0.2, -0.15) is 13.2 Å². The van der Waals surface area contributed by atoms with Crippen LogP contribution < -0.4 is 0 Å². The summed E-state index contributed by atoms with van der Waals surface area (Å²) in [5.74, 6) is 0. The lowest BCUT2D eigenvalue weighted by molar-refractivity contribution is -0.137. The Morgan fingerprint density at radius 2 is 1.75 bits per heavy atom. The summed E-state index contributed by atoms with van der Waals surface area (Å²) in [6.45, 7) is 0.540. The summed E-state index contributed by atoms with van der Waals surface area (Å²) in [5.41, 5.74) is -0.0125. The van der Waals surface area contributed by atoms with Gasteiger partial charge in [-0.05, 0) is 49.4 Å². The smallest absolute Gasteiger partial charge is 0.293 e. The number of piperidine rings is 1. The molecule has 110 valence electrons. The number of fused-ring (bicyclic) bond motifs is 2. The molecule has 2 bridgehead atoms. The third kappa shape index (κ3) is 2.68. The van der Waals surface area contributed by atoms with Crippen molar-refractivity contribution in [3.8, 4) is 0 Å². The van der Waals surface area contributed by atoms with Crippen LogP contribution >= 0.6 is 11.6 Å². The number of benzene rings is 1. The van der Waals surface area contributed by atoms with Gasteiger partial charge in [-0.3, -0.25) is 4.90 Å². The van der Waals surface area contributed by atoms with E-state index in [2.05, 4.69) is 4.90 Å². The lowest BCUT2D eigenvalue weighted by atomic mass is 10.0. The van der Waals surface area contributed by atoms with Crippen molar-refractivity contribution in [1.29, 1.82) is 0 Å². The van der Waals surface area contributed by atoms with Crippen molar-refractivity contribution in [1.82, 2.24) is 4.90 Å². The molecule has 0 saturated carbocycles. The molecule has 2 aliphatic rings. The third-order valence-corrected chi connectivity index (χ3v) is 4.94. The van der Waals surface area contributed by atoms with Crippen molar-refractivity contribution in [2.24, 2.45) is 0 Å². The van der Waals surface area contributed by atoms with Crippen LogP contribution in [0.2, 0.25) is 5.02 Å². The average Bonchev–Trinajstić information content (AvgIpc) is 2.61. The van der Waals surface area contributed by atoms with Gasteiger partial charge in [0, 0.05) is 23.7 Å². The summed E-state index contributed by atoms with van der Waals surface area (Å²) >= 11 is 6.09. The average molecular weight is 304 g/mol. The molecule has 20 heavy (non-hydrogen) atoms. The van der Waals surface area contributed by atoms with E-state index in [4.69, 9.17) is 11.6 Å². The third-order valence-electron chi connectivity index (χ3n) is 4.57. The first-order valence-electron chi connectivity index (χ1n) is 7.06. The van der Waals surface area contributed by atoms with Gasteiger partial charge in [-0.25, -0.2) is 0 Å². The molecule has 0 aliphatic carbocycles. The molecule has 0 amide bonds. The summed E-state index contributed by atoms with van der Waals surface area (Å²) in [7, 11) is 0. The SMILES string of the molecule is FC(F)(F)c1ccc(Cl)c(CN2[C@@H]3CCC[C@H]2CC3)c1. The Hall–Kier alpha value is -0.740. The highest BCUT2D eigenvalue weighted by molar-refractivity contribution is 6.31. The zero-order chi connectivity index (χ0) is 14.3. The molecule has 3 rings (SSSR count). The first-order chi connectivity index (χ1) is 9.45. The van der Waals surface area contributed by atoms with Crippen LogP contribution in [0.25, 0.3) is 0 Å². The molecule has 0 spiro atoms. The van der Waals surface area contributed by atoms with Gasteiger partial charge in [0.2, 0.25) is 0 Å². The van der Waals surface area contributed by atoms with E-state index in [1.54, 1.807) is 0 Å². The van der Waals surface area contributed by atoms with Crippen LogP contribution in [0.1, 0.15) is 43.2 Å². The van der Waals surface area contributed by atoms with E-state index >= 15 is 0 Å². The summed E-state index contributed by atoms with van der Waals surface area (Å²) in [5, 5.41) is 0.433. The highest BCUT2D eigenvalue weighted by Crippen LogP contribution is 2.38. The van der Waals surface area contributed by atoms with Gasteiger partial charge < -0.3 is 0 Å². The minimum Gasteiger partial charge on any atom is -0.293 e. The maximum atomic E-state index is 12.8. The van der Waals surface area contributed by atoms with Crippen LogP contribution in [0.4, 0.5) is 13.2 Å². The quantitative estimate of drug-likeness (QED) is 0.753. The zero-order valence-corrected chi connectivity index (χ0v) is 11.8. The number of rotatable bonds is 2. The normalized spacial score (nSPS) is 27.0. The Labute approximate surface area is 121 Å². The maximum absolute atomic E-state index is 12.8. The second-order valence-corrected chi connectivity index (χ2v) is 6.20. The van der Waals surface area contributed by atoms with Crippen LogP contribution in [0, 0.1) is 0 Å². The molecule has 1 aromatic carbocycles. The van der Waals surface area contributed by atoms with Crippen LogP contribution in [-0.2, 0) is 12.7 Å². The minimum atomic E-state index is -4.31. The highest BCUT2D eigenvalue weighted by atomic mass is 35.5. The summed E-state index contributed by atoms with van der Waals surface area (Å²) in [4.78, 5) is 2.35. The molecule has 0 aromatic heterocycles. The molecule has 1 aromatic rings. The monoisotopic (exact) mass is 303 g/mol. The molecule has 2 heterocycles. The lowest BCUT2D eigenvalue weighted by Crippen LogP contribution is -2.39. The molecule has 2 saturated heterocycles. The standard InChI is InChI=1S/C15H17ClF3N/c16-14-7-4-11(15(17,18)19)8-10(14)9-20-12-2-1-3-13(20)6-5-12/h4,7-8,12-13H,1-3,5-6,9H2/t12-,13+. The van der Waals surface area contributed by atoms with Crippen molar-refractivity contribution in [3.63, 3.8) is 0 Å². The van der Waals surface area contributed by atoms with E-state index in [0.717, 1.165) is 18.9 Å². The van der Waals surface area contributed by atoms with Gasteiger partial charge >= 0.3 is 6.18 Å². The van der Waals surface area contributed by atoms with E-state index in [1.807, 2.05) is 0 Å². The number of hydrogen-bond acceptors (Lipinski definition) is 1. The van der Waals surface area contributed by atoms with Crippen molar-refractivity contribution < 1.29 is 13.2 Å². The summed E-state index contributed by atoms with van der Waals surface area (Å²) in [6, 6.07) is 4.68. The van der Waals surface area contributed by atoms with Crippen molar-refractivity contribution >= 4 is 11.6 Å². The van der Waals surface area contributed by atoms with Gasteiger partial charge in [0.15, 0.2) is 0 Å². The second kappa shape index (κ2) is 5.23. The number of nitrogens with zero attached hydrogens (tertiary/aromatic N) is 1. The van der Waals surface area contributed by atoms with Gasteiger partial charge in [0.1, 0.15) is 0 Å². The summed E-state index contributed by atoms with van der Waals surface area (Å²) in [6.07, 6.45) is 1.59. The molecule has 2 fully saturated rings. The molecular formula is C15H17ClF3N. The second-order valence-electron chi connectivity index (χ2n) is 5.79. The van der Waals surface area contributed by atoms with Crippen molar-refractivity contribution in [3.05, 3.63) is 34.3 Å². The number of hydrogen-bond donors (Lipinski definition) is 0. The Balaban J connectivity index is 1.83. The fraction of sp³-hybridized carbons (Fsp3) is 0.600. The number of alkyl halides is 3. The Bertz CT molecular complexity index is 484. The minimum absolute atomic E-state index is 0.433. The molecule has 2 atom stereocenters. The van der Waals surface area contributed by atoms with E-state index in [1.165, 1.54) is 31.4 Å². The molecule has 0 N–H and O–H groups in total. The molecule has 1 nitrogen and oxygen atoms in total. The van der Waals surface area contributed by atoms with Crippen molar-refractivity contribution in [2.75, 3.05) is 0 Å². The maximum Gasteiger partial charge on any atom is 0.416 e. The topological polar surface area (TPSA) is 3.24 Å². The van der Waals surface area contributed by atoms with Crippen LogP contribution in [0.5, 0.6) is 0 Å². The predicted molar refractivity (Wildman–Crippen MR) is 72.7 cm³/mol. The largest absolute Gasteiger partial charge is 0.416 e. The van der Waals surface area contributed by atoms with E-state index < -0.39 is 11.7 Å². The first-order valence-corrected chi connectivity index (χ1v) is 7.44. The molecule has 0 radical (unpaired) electrons. The van der Waals surface area contributed by atoms with Gasteiger partial charge in [0.25, 0.3) is 0 Å². The zero-order valence-electron chi connectivity index (χ0n) is 11.1. The van der Waals surface area contributed by atoms with E-state index in [9.17, 15) is 13.2 Å². The van der Waals surface area contributed by atoms with E-state index in [0.29, 0.717) is 29.2 Å². The van der Waals surface area contributed by atoms with Crippen LogP contribution in [0.15, 0.2) is 18.2 Å². The molecule has 0 unspecified atom stereocenters. The Morgan fingerprint density at radius 3 is 2.35 bits per heavy atom. The van der Waals surface area contributed by atoms with E-state index in [-0.39, 0.29) is 0 Å². The highest BCUT2D eigenvalue weighted by Gasteiger charge is 2.37. The molecule has 5 heteroatoms. The summed E-state index contributed by atoms with van der Waals surface area (Å²) < 4.78 is 38.4. The number of halogens is 4. The Kier molecular flexibility index (Phi) is 3.71. The predicted octanol–water partition coefficient (Wildman–Crippen LogP) is 4.88. The lowest BCUT2D eigenvalue weighted by Gasteiger charge is -2.35. The van der Waals surface area contributed by atoms with Gasteiger partial charge in [-0.15, -0.1) is 0 Å². The Morgan fingerprint density at radius 1 is 1.10 bits per heavy atom. The van der Waals surface area contributed by atoms with Crippen LogP contribution in [0.3, 0.4) is 0 Å².